The largest absolute Gasteiger partial charge is 0.401 e. The van der Waals surface area contributed by atoms with Gasteiger partial charge in [-0.05, 0) is 19.3 Å². The van der Waals surface area contributed by atoms with Crippen LogP contribution in [0.15, 0.2) is 0 Å². The van der Waals surface area contributed by atoms with E-state index in [0.29, 0.717) is 19.6 Å². The van der Waals surface area contributed by atoms with Gasteiger partial charge < -0.3 is 4.74 Å². The Bertz CT molecular complexity index is 283. The van der Waals surface area contributed by atoms with Gasteiger partial charge >= 0.3 is 6.18 Å². The molecule has 1 aliphatic heterocycles. The van der Waals surface area contributed by atoms with Gasteiger partial charge in [0.15, 0.2) is 5.78 Å². The number of Topliss-reactive ketones (excluding diaryl/α,β-unsaturated/α-hetero) is 1. The van der Waals surface area contributed by atoms with Gasteiger partial charge in [-0.15, -0.1) is 0 Å². The third kappa shape index (κ3) is 3.96. The summed E-state index contributed by atoms with van der Waals surface area (Å²) in [6, 6.07) is -0.0529. The van der Waals surface area contributed by atoms with E-state index in [1.54, 1.807) is 0 Å². The standard InChI is InChI=1S/C11H16F3NO2/c12-11(13,14)7-15(9-1-2-9)5-10(16)8-3-4-17-6-8/h8-9H,1-7H2. The SMILES string of the molecule is O=C(CN(CC(F)(F)F)C1CC1)C1CCOC1. The number of halogens is 3. The van der Waals surface area contributed by atoms with Crippen molar-refractivity contribution in [3.63, 3.8) is 0 Å². The molecule has 1 atom stereocenters. The van der Waals surface area contributed by atoms with Gasteiger partial charge in [0.05, 0.1) is 19.7 Å². The van der Waals surface area contributed by atoms with E-state index in [4.69, 9.17) is 4.74 Å². The van der Waals surface area contributed by atoms with Gasteiger partial charge in [0, 0.05) is 18.6 Å². The fourth-order valence-electron chi connectivity index (χ4n) is 2.10. The maximum absolute atomic E-state index is 12.3. The van der Waals surface area contributed by atoms with Crippen LogP contribution < -0.4 is 0 Å². The molecule has 17 heavy (non-hydrogen) atoms. The van der Waals surface area contributed by atoms with Crippen LogP contribution in [0.3, 0.4) is 0 Å². The number of ketones is 1. The maximum atomic E-state index is 12.3. The molecule has 0 amide bonds. The Hall–Kier alpha value is -0.620. The molecule has 1 saturated heterocycles. The zero-order chi connectivity index (χ0) is 12.5. The number of alkyl halides is 3. The third-order valence-corrected chi connectivity index (χ3v) is 3.19. The van der Waals surface area contributed by atoms with Crippen LogP contribution in [0, 0.1) is 5.92 Å². The summed E-state index contributed by atoms with van der Waals surface area (Å²) in [4.78, 5) is 13.0. The molecule has 0 aromatic rings. The lowest BCUT2D eigenvalue weighted by Gasteiger charge is -2.23. The van der Waals surface area contributed by atoms with Crippen LogP contribution in [0.1, 0.15) is 19.3 Å². The van der Waals surface area contributed by atoms with E-state index in [-0.39, 0.29) is 24.3 Å². The van der Waals surface area contributed by atoms with Crippen LogP contribution >= 0.6 is 0 Å². The lowest BCUT2D eigenvalue weighted by Crippen LogP contribution is -2.41. The van der Waals surface area contributed by atoms with E-state index in [1.807, 2.05) is 0 Å². The average molecular weight is 251 g/mol. The second-order valence-corrected chi connectivity index (χ2v) is 4.78. The molecule has 6 heteroatoms. The van der Waals surface area contributed by atoms with Crippen LogP contribution in [-0.4, -0.2) is 49.2 Å². The average Bonchev–Trinajstić information content (AvgIpc) is 2.90. The number of nitrogens with zero attached hydrogens (tertiary/aromatic N) is 1. The Balaban J connectivity index is 1.86. The summed E-state index contributed by atoms with van der Waals surface area (Å²) in [6.45, 7) is -0.155. The van der Waals surface area contributed by atoms with Crippen LogP contribution in [-0.2, 0) is 9.53 Å². The smallest absolute Gasteiger partial charge is 0.381 e. The van der Waals surface area contributed by atoms with Gasteiger partial charge in [-0.2, -0.15) is 13.2 Å². The summed E-state index contributed by atoms with van der Waals surface area (Å²) in [7, 11) is 0. The maximum Gasteiger partial charge on any atom is 0.401 e. The number of hydrogen-bond donors (Lipinski definition) is 0. The quantitative estimate of drug-likeness (QED) is 0.743. The van der Waals surface area contributed by atoms with Crippen molar-refractivity contribution >= 4 is 5.78 Å². The minimum absolute atomic E-state index is 0.0529. The highest BCUT2D eigenvalue weighted by molar-refractivity contribution is 5.83. The molecule has 2 aliphatic rings. The Morgan fingerprint density at radius 1 is 1.29 bits per heavy atom. The third-order valence-electron chi connectivity index (χ3n) is 3.19. The van der Waals surface area contributed by atoms with Crippen molar-refractivity contribution in [2.24, 2.45) is 5.92 Å². The fourth-order valence-corrected chi connectivity index (χ4v) is 2.10. The van der Waals surface area contributed by atoms with Crippen LogP contribution in [0.5, 0.6) is 0 Å². The second-order valence-electron chi connectivity index (χ2n) is 4.78. The molecule has 98 valence electrons. The van der Waals surface area contributed by atoms with E-state index >= 15 is 0 Å². The van der Waals surface area contributed by atoms with Gasteiger partial charge in [-0.3, -0.25) is 9.69 Å². The van der Waals surface area contributed by atoms with Crippen LogP contribution in [0.2, 0.25) is 0 Å². The van der Waals surface area contributed by atoms with Crippen molar-refractivity contribution in [2.75, 3.05) is 26.3 Å². The predicted octanol–water partition coefficient (Wildman–Crippen LogP) is 1.62. The molecule has 0 aromatic carbocycles. The number of rotatable bonds is 5. The summed E-state index contributed by atoms with van der Waals surface area (Å²) in [5.41, 5.74) is 0. The van der Waals surface area contributed by atoms with E-state index in [9.17, 15) is 18.0 Å². The molecule has 0 aromatic heterocycles. The van der Waals surface area contributed by atoms with Crippen molar-refractivity contribution in [1.82, 2.24) is 4.90 Å². The number of hydrogen-bond acceptors (Lipinski definition) is 3. The first-order chi connectivity index (χ1) is 7.96. The van der Waals surface area contributed by atoms with Gasteiger partial charge in [0.2, 0.25) is 0 Å². The van der Waals surface area contributed by atoms with Gasteiger partial charge in [-0.25, -0.2) is 0 Å². The lowest BCUT2D eigenvalue weighted by molar-refractivity contribution is -0.150. The summed E-state index contributed by atoms with van der Waals surface area (Å²) in [5, 5.41) is 0. The van der Waals surface area contributed by atoms with Crippen molar-refractivity contribution in [2.45, 2.75) is 31.5 Å². The normalized spacial score (nSPS) is 25.5. The summed E-state index contributed by atoms with van der Waals surface area (Å²) >= 11 is 0. The fraction of sp³-hybridized carbons (Fsp3) is 0.909. The Kier molecular flexibility index (Phi) is 3.73. The number of carbonyl (C=O) groups is 1. The van der Waals surface area contributed by atoms with Gasteiger partial charge in [0.1, 0.15) is 0 Å². The first-order valence-electron chi connectivity index (χ1n) is 5.87. The molecule has 2 rings (SSSR count). The van der Waals surface area contributed by atoms with Crippen LogP contribution in [0.25, 0.3) is 0 Å². The van der Waals surface area contributed by atoms with Crippen molar-refractivity contribution in [3.8, 4) is 0 Å². The summed E-state index contributed by atoms with van der Waals surface area (Å²) in [6.07, 6.45) is -2.05. The molecule has 0 N–H and O–H groups in total. The Morgan fingerprint density at radius 2 is 2.00 bits per heavy atom. The minimum atomic E-state index is -4.23. The van der Waals surface area contributed by atoms with Gasteiger partial charge in [-0.1, -0.05) is 0 Å². The molecule has 0 spiro atoms. The predicted molar refractivity (Wildman–Crippen MR) is 54.6 cm³/mol. The second kappa shape index (κ2) is 4.94. The van der Waals surface area contributed by atoms with Gasteiger partial charge in [0.25, 0.3) is 0 Å². The molecular formula is C11H16F3NO2. The van der Waals surface area contributed by atoms with E-state index < -0.39 is 12.7 Å². The molecule has 1 aliphatic carbocycles. The molecule has 1 heterocycles. The highest BCUT2D eigenvalue weighted by atomic mass is 19.4. The molecule has 1 unspecified atom stereocenters. The topological polar surface area (TPSA) is 29.5 Å². The van der Waals surface area contributed by atoms with E-state index in [2.05, 4.69) is 0 Å². The molecule has 0 radical (unpaired) electrons. The monoisotopic (exact) mass is 251 g/mol. The molecular weight excluding hydrogens is 235 g/mol. The molecule has 0 bridgehead atoms. The highest BCUT2D eigenvalue weighted by Crippen LogP contribution is 2.30. The molecule has 3 nitrogen and oxygen atoms in total. The number of carbonyl (C=O) groups excluding carboxylic acids is 1. The van der Waals surface area contributed by atoms with Crippen molar-refractivity contribution < 1.29 is 22.7 Å². The summed E-state index contributed by atoms with van der Waals surface area (Å²) in [5.74, 6) is -0.317. The van der Waals surface area contributed by atoms with Crippen molar-refractivity contribution in [1.29, 1.82) is 0 Å². The van der Waals surface area contributed by atoms with Crippen molar-refractivity contribution in [3.05, 3.63) is 0 Å². The lowest BCUT2D eigenvalue weighted by atomic mass is 10.0. The number of ether oxygens (including phenoxy) is 1. The van der Waals surface area contributed by atoms with Crippen LogP contribution in [0.4, 0.5) is 13.2 Å². The zero-order valence-corrected chi connectivity index (χ0v) is 9.50. The minimum Gasteiger partial charge on any atom is -0.381 e. The van der Waals surface area contributed by atoms with E-state index in [1.165, 1.54) is 4.90 Å². The Morgan fingerprint density at radius 3 is 2.47 bits per heavy atom. The summed E-state index contributed by atoms with van der Waals surface area (Å²) < 4.78 is 42.1. The molecule has 2 fully saturated rings. The highest BCUT2D eigenvalue weighted by Gasteiger charge is 2.39. The van der Waals surface area contributed by atoms with E-state index in [0.717, 1.165) is 12.8 Å². The first kappa shape index (κ1) is 12.8. The Labute approximate surface area is 97.9 Å². The molecule has 1 saturated carbocycles. The first-order valence-corrected chi connectivity index (χ1v) is 5.87. The zero-order valence-electron chi connectivity index (χ0n) is 9.50.